The number of benzene rings is 6. The molecule has 5 nitrogen and oxygen atoms in total. The molecule has 8 aromatic rings. The third kappa shape index (κ3) is 4.53. The SMILES string of the molecule is c1ccc2c(c1)C(c1nc(N3c4ccccc4C4(c5ccccc53)C3CC5CC(C3)CC4C5)nc(-n3c4ccccc4c4ccccc43)n1)c1ccccc1C21C2CC3CC(C2)CC1C3. The minimum absolute atomic E-state index is 0.00312. The van der Waals surface area contributed by atoms with E-state index in [0.717, 1.165) is 40.5 Å². The van der Waals surface area contributed by atoms with E-state index in [-0.39, 0.29) is 16.7 Å². The van der Waals surface area contributed by atoms with Gasteiger partial charge in [-0.2, -0.15) is 15.0 Å². The molecule has 8 bridgehead atoms. The summed E-state index contributed by atoms with van der Waals surface area (Å²) in [5, 5.41) is 2.42. The number of nitrogens with zero attached hydrogens (tertiary/aromatic N) is 5. The molecule has 318 valence electrons. The zero-order valence-electron chi connectivity index (χ0n) is 36.9. The van der Waals surface area contributed by atoms with E-state index in [2.05, 4.69) is 155 Å². The maximum Gasteiger partial charge on any atom is 0.239 e. The van der Waals surface area contributed by atoms with E-state index in [1.54, 1.807) is 0 Å². The highest BCUT2D eigenvalue weighted by Crippen LogP contribution is 2.71. The number of para-hydroxylation sites is 4. The first-order valence-electron chi connectivity index (χ1n) is 25.1. The van der Waals surface area contributed by atoms with Crippen molar-refractivity contribution in [2.75, 3.05) is 4.90 Å². The summed E-state index contributed by atoms with van der Waals surface area (Å²) >= 11 is 0. The van der Waals surface area contributed by atoms with E-state index < -0.39 is 0 Å². The molecule has 0 unspecified atom stereocenters. The summed E-state index contributed by atoms with van der Waals surface area (Å²) < 4.78 is 2.32. The smallest absolute Gasteiger partial charge is 0.239 e. The Morgan fingerprint density at radius 3 is 1.25 bits per heavy atom. The molecule has 2 spiro atoms. The summed E-state index contributed by atoms with van der Waals surface area (Å²) in [5.41, 5.74) is 13.5. The fraction of sp³-hybridized carbons (Fsp3) is 0.350. The minimum atomic E-state index is -0.148. The third-order valence-corrected chi connectivity index (χ3v) is 19.3. The summed E-state index contributed by atoms with van der Waals surface area (Å²) in [4.78, 5) is 19.9. The van der Waals surface area contributed by atoms with Crippen molar-refractivity contribution in [2.45, 2.75) is 81.0 Å². The summed E-state index contributed by atoms with van der Waals surface area (Å²) in [6.45, 7) is 0. The van der Waals surface area contributed by atoms with E-state index in [4.69, 9.17) is 15.0 Å². The highest BCUT2D eigenvalue weighted by molar-refractivity contribution is 6.09. The highest BCUT2D eigenvalue weighted by Gasteiger charge is 2.63. The summed E-state index contributed by atoms with van der Waals surface area (Å²) in [6, 6.07) is 55.5. The Bertz CT molecular complexity index is 2940. The molecule has 0 atom stereocenters. The lowest BCUT2D eigenvalue weighted by molar-refractivity contribution is -0.0436. The van der Waals surface area contributed by atoms with E-state index in [1.165, 1.54) is 120 Å². The minimum Gasteiger partial charge on any atom is -0.278 e. The Hall–Kier alpha value is -6.07. The molecule has 6 aromatic carbocycles. The summed E-state index contributed by atoms with van der Waals surface area (Å²) in [5.74, 6) is 8.22. The molecule has 10 aliphatic rings. The predicted molar refractivity (Wildman–Crippen MR) is 258 cm³/mol. The number of aromatic nitrogens is 4. The van der Waals surface area contributed by atoms with Gasteiger partial charge in [0.25, 0.3) is 0 Å². The van der Waals surface area contributed by atoms with Gasteiger partial charge in [0.05, 0.1) is 28.3 Å². The van der Waals surface area contributed by atoms with E-state index in [9.17, 15) is 0 Å². The average molecular weight is 844 g/mol. The van der Waals surface area contributed by atoms with Crippen molar-refractivity contribution < 1.29 is 0 Å². The first kappa shape index (κ1) is 36.2. The summed E-state index contributed by atoms with van der Waals surface area (Å²) in [7, 11) is 0. The third-order valence-electron chi connectivity index (χ3n) is 19.3. The molecule has 65 heavy (non-hydrogen) atoms. The van der Waals surface area contributed by atoms with E-state index in [0.29, 0.717) is 35.6 Å². The van der Waals surface area contributed by atoms with Gasteiger partial charge in [-0.25, -0.2) is 0 Å². The lowest BCUT2D eigenvalue weighted by Crippen LogP contribution is -2.58. The number of hydrogen-bond acceptors (Lipinski definition) is 4. The quantitative estimate of drug-likeness (QED) is 0.178. The van der Waals surface area contributed by atoms with Crippen LogP contribution in [0.5, 0.6) is 0 Å². The molecular formula is C60H53N5. The van der Waals surface area contributed by atoms with Crippen LogP contribution < -0.4 is 4.90 Å². The molecule has 8 fully saturated rings. The van der Waals surface area contributed by atoms with Crippen LogP contribution in [0.1, 0.15) is 109 Å². The first-order chi connectivity index (χ1) is 32.2. The van der Waals surface area contributed by atoms with Crippen LogP contribution in [0.3, 0.4) is 0 Å². The van der Waals surface area contributed by atoms with Crippen LogP contribution >= 0.6 is 0 Å². The lowest BCUT2D eigenvalue weighted by Gasteiger charge is -2.64. The molecule has 2 aromatic heterocycles. The standard InChI is InChI=1S/C60H53N5/c1-5-17-47-45(15-1)55(46-16-2-6-18-48(46)59(47)39-27-35-25-36(29-39)30-40(59)28-35)56-61-57(64-51-21-9-3-13-43(51)44-14-4-10-22-52(44)64)63-58(62-56)65-53-23-11-7-19-49(53)60(50-20-8-12-24-54(50)65)41-31-37-26-38(33-41)34-42(60)32-37/h1-24,35-42,55H,25-34H2. The first-order valence-corrected chi connectivity index (χ1v) is 25.1. The molecule has 5 heteroatoms. The number of anilines is 3. The number of rotatable bonds is 3. The molecule has 9 aliphatic carbocycles. The van der Waals surface area contributed by atoms with Crippen molar-refractivity contribution in [3.8, 4) is 5.95 Å². The van der Waals surface area contributed by atoms with Crippen LogP contribution in [0, 0.1) is 47.3 Å². The van der Waals surface area contributed by atoms with Gasteiger partial charge < -0.3 is 0 Å². The number of fused-ring (bicyclic) bond motifs is 7. The van der Waals surface area contributed by atoms with Crippen LogP contribution in [0.15, 0.2) is 146 Å². The van der Waals surface area contributed by atoms with Gasteiger partial charge in [0.2, 0.25) is 11.9 Å². The van der Waals surface area contributed by atoms with Crippen molar-refractivity contribution in [1.29, 1.82) is 0 Å². The Balaban J connectivity index is 0.972. The van der Waals surface area contributed by atoms with Crippen LogP contribution in [-0.4, -0.2) is 19.5 Å². The Labute approximate surface area is 381 Å². The molecule has 18 rings (SSSR count). The molecule has 1 aliphatic heterocycles. The van der Waals surface area contributed by atoms with Crippen molar-refractivity contribution in [3.05, 3.63) is 185 Å². The maximum atomic E-state index is 5.89. The molecular weight excluding hydrogens is 791 g/mol. The largest absolute Gasteiger partial charge is 0.278 e. The second-order valence-corrected chi connectivity index (χ2v) is 22.0. The zero-order chi connectivity index (χ0) is 42.2. The van der Waals surface area contributed by atoms with Gasteiger partial charge in [0, 0.05) is 21.6 Å². The molecule has 0 N–H and O–H groups in total. The topological polar surface area (TPSA) is 46.8 Å². The normalized spacial score (nSPS) is 31.4. The fourth-order valence-corrected chi connectivity index (χ4v) is 17.8. The maximum absolute atomic E-state index is 5.89. The monoisotopic (exact) mass is 843 g/mol. The van der Waals surface area contributed by atoms with E-state index in [1.807, 2.05) is 0 Å². The number of hydrogen-bond donors (Lipinski definition) is 0. The molecule has 8 saturated carbocycles. The second-order valence-electron chi connectivity index (χ2n) is 22.0. The van der Waals surface area contributed by atoms with Gasteiger partial charge in [0.15, 0.2) is 0 Å². The van der Waals surface area contributed by atoms with Crippen LogP contribution in [0.2, 0.25) is 0 Å². The van der Waals surface area contributed by atoms with Gasteiger partial charge in [0.1, 0.15) is 5.82 Å². The van der Waals surface area contributed by atoms with Crippen LogP contribution in [0.4, 0.5) is 17.3 Å². The Kier molecular flexibility index (Phi) is 7.15. The highest BCUT2D eigenvalue weighted by atomic mass is 15.3. The van der Waals surface area contributed by atoms with Gasteiger partial charge in [-0.1, -0.05) is 121 Å². The van der Waals surface area contributed by atoms with Crippen LogP contribution in [-0.2, 0) is 10.8 Å². The Morgan fingerprint density at radius 2 is 0.754 bits per heavy atom. The van der Waals surface area contributed by atoms with Crippen molar-refractivity contribution in [1.82, 2.24) is 19.5 Å². The zero-order valence-corrected chi connectivity index (χ0v) is 36.9. The van der Waals surface area contributed by atoms with Gasteiger partial charge >= 0.3 is 0 Å². The molecule has 0 amide bonds. The van der Waals surface area contributed by atoms with E-state index >= 15 is 0 Å². The Morgan fingerprint density at radius 1 is 0.369 bits per heavy atom. The lowest BCUT2D eigenvalue weighted by atomic mass is 9.40. The molecule has 0 radical (unpaired) electrons. The van der Waals surface area contributed by atoms with Crippen LogP contribution in [0.25, 0.3) is 27.8 Å². The van der Waals surface area contributed by atoms with Crippen molar-refractivity contribution >= 4 is 39.1 Å². The molecule has 0 saturated heterocycles. The van der Waals surface area contributed by atoms with Crippen molar-refractivity contribution in [3.63, 3.8) is 0 Å². The second kappa shape index (κ2) is 12.8. The van der Waals surface area contributed by atoms with Crippen molar-refractivity contribution in [2.24, 2.45) is 47.3 Å². The van der Waals surface area contributed by atoms with Gasteiger partial charge in [-0.15, -0.1) is 0 Å². The fourth-order valence-electron chi connectivity index (χ4n) is 17.8. The average Bonchev–Trinajstić information content (AvgIpc) is 3.68. The van der Waals surface area contributed by atoms with Gasteiger partial charge in [-0.05, 0) is 169 Å². The summed E-state index contributed by atoms with van der Waals surface area (Å²) in [6.07, 6.45) is 13.7. The predicted octanol–water partition coefficient (Wildman–Crippen LogP) is 13.7. The molecule has 3 heterocycles. The van der Waals surface area contributed by atoms with Gasteiger partial charge in [-0.3, -0.25) is 9.47 Å².